The molecule has 2 aromatic rings. The summed E-state index contributed by atoms with van der Waals surface area (Å²) in [7, 11) is 0. The van der Waals surface area contributed by atoms with E-state index in [1.807, 2.05) is 61.5 Å². The standard InChI is InChI=1S/C20H21NO3/c1-14-11-18(20(23)24)13-21(12-14)19(22)17-9-7-16(8-10-17)15-5-3-2-4-6-15/h2-10,14,18H,11-13H2,1H3,(H,23,24). The van der Waals surface area contributed by atoms with Gasteiger partial charge in [-0.1, -0.05) is 49.4 Å². The van der Waals surface area contributed by atoms with Crippen molar-refractivity contribution in [3.8, 4) is 11.1 Å². The molecule has 4 heteroatoms. The minimum Gasteiger partial charge on any atom is -0.481 e. The molecule has 1 saturated heterocycles. The summed E-state index contributed by atoms with van der Waals surface area (Å²) in [5, 5.41) is 9.25. The van der Waals surface area contributed by atoms with Gasteiger partial charge >= 0.3 is 5.97 Å². The maximum atomic E-state index is 12.7. The molecule has 4 nitrogen and oxygen atoms in total. The zero-order valence-electron chi connectivity index (χ0n) is 13.7. The Hall–Kier alpha value is -2.62. The third-order valence-corrected chi connectivity index (χ3v) is 4.54. The maximum Gasteiger partial charge on any atom is 0.308 e. The van der Waals surface area contributed by atoms with Gasteiger partial charge in [0.1, 0.15) is 0 Å². The summed E-state index contributed by atoms with van der Waals surface area (Å²) in [6.45, 7) is 2.90. The molecule has 0 spiro atoms. The fraction of sp³-hybridized carbons (Fsp3) is 0.300. The molecule has 0 aromatic heterocycles. The average Bonchev–Trinajstić information content (AvgIpc) is 2.61. The molecule has 0 saturated carbocycles. The first-order chi connectivity index (χ1) is 11.5. The summed E-state index contributed by atoms with van der Waals surface area (Å²) in [6, 6.07) is 17.5. The molecule has 1 N–H and O–H groups in total. The second kappa shape index (κ2) is 6.87. The van der Waals surface area contributed by atoms with Crippen molar-refractivity contribution >= 4 is 11.9 Å². The number of carboxylic acids is 1. The molecule has 1 heterocycles. The third-order valence-electron chi connectivity index (χ3n) is 4.54. The van der Waals surface area contributed by atoms with Crippen LogP contribution in [0.25, 0.3) is 11.1 Å². The highest BCUT2D eigenvalue weighted by Crippen LogP contribution is 2.24. The van der Waals surface area contributed by atoms with E-state index >= 15 is 0 Å². The van der Waals surface area contributed by atoms with Crippen LogP contribution in [-0.2, 0) is 4.79 Å². The second-order valence-corrected chi connectivity index (χ2v) is 6.53. The Morgan fingerprint density at radius 1 is 0.958 bits per heavy atom. The zero-order chi connectivity index (χ0) is 17.1. The van der Waals surface area contributed by atoms with Gasteiger partial charge in [-0.15, -0.1) is 0 Å². The highest BCUT2D eigenvalue weighted by atomic mass is 16.4. The van der Waals surface area contributed by atoms with Crippen molar-refractivity contribution < 1.29 is 14.7 Å². The first-order valence-electron chi connectivity index (χ1n) is 8.22. The van der Waals surface area contributed by atoms with Gasteiger partial charge in [0.15, 0.2) is 0 Å². The van der Waals surface area contributed by atoms with Gasteiger partial charge in [-0.2, -0.15) is 0 Å². The predicted octanol–water partition coefficient (Wildman–Crippen LogP) is 3.54. The monoisotopic (exact) mass is 323 g/mol. The van der Waals surface area contributed by atoms with Crippen LogP contribution in [0.1, 0.15) is 23.7 Å². The largest absolute Gasteiger partial charge is 0.481 e. The Bertz CT molecular complexity index is 724. The molecule has 0 radical (unpaired) electrons. The van der Waals surface area contributed by atoms with E-state index in [0.717, 1.165) is 11.1 Å². The number of carbonyl (C=O) groups excluding carboxylic acids is 1. The van der Waals surface area contributed by atoms with Gasteiger partial charge in [0.2, 0.25) is 0 Å². The summed E-state index contributed by atoms with van der Waals surface area (Å²) in [4.78, 5) is 25.6. The molecule has 0 bridgehead atoms. The number of nitrogens with zero attached hydrogens (tertiary/aromatic N) is 1. The molecule has 24 heavy (non-hydrogen) atoms. The molecule has 0 aliphatic carbocycles. The van der Waals surface area contributed by atoms with E-state index in [1.54, 1.807) is 4.90 Å². The first-order valence-corrected chi connectivity index (χ1v) is 8.22. The van der Waals surface area contributed by atoms with Crippen LogP contribution in [0.5, 0.6) is 0 Å². The number of aliphatic carboxylic acids is 1. The number of amides is 1. The Balaban J connectivity index is 1.76. The molecular weight excluding hydrogens is 302 g/mol. The van der Waals surface area contributed by atoms with Gasteiger partial charge in [0.05, 0.1) is 5.92 Å². The molecule has 124 valence electrons. The Kier molecular flexibility index (Phi) is 4.65. The summed E-state index contributed by atoms with van der Waals surface area (Å²) in [5.41, 5.74) is 2.77. The number of benzene rings is 2. The average molecular weight is 323 g/mol. The smallest absolute Gasteiger partial charge is 0.308 e. The Labute approximate surface area is 141 Å². The normalized spacial score (nSPS) is 20.6. The molecule has 2 atom stereocenters. The number of piperidine rings is 1. The van der Waals surface area contributed by atoms with Crippen molar-refractivity contribution in [3.05, 3.63) is 60.2 Å². The number of rotatable bonds is 3. The van der Waals surface area contributed by atoms with Crippen LogP contribution >= 0.6 is 0 Å². The van der Waals surface area contributed by atoms with Crippen molar-refractivity contribution in [1.82, 2.24) is 4.90 Å². The van der Waals surface area contributed by atoms with Crippen LogP contribution in [0, 0.1) is 11.8 Å². The van der Waals surface area contributed by atoms with E-state index < -0.39 is 11.9 Å². The lowest BCUT2D eigenvalue weighted by Crippen LogP contribution is -2.45. The number of carboxylic acid groups (broad SMARTS) is 1. The third kappa shape index (κ3) is 3.48. The van der Waals surface area contributed by atoms with E-state index in [-0.39, 0.29) is 11.8 Å². The lowest BCUT2D eigenvalue weighted by atomic mass is 9.90. The Morgan fingerprint density at radius 2 is 1.58 bits per heavy atom. The summed E-state index contributed by atoms with van der Waals surface area (Å²) < 4.78 is 0. The van der Waals surface area contributed by atoms with E-state index in [2.05, 4.69) is 0 Å². The van der Waals surface area contributed by atoms with Gasteiger partial charge in [0.25, 0.3) is 5.91 Å². The minimum atomic E-state index is -0.821. The van der Waals surface area contributed by atoms with Crippen molar-refractivity contribution in [2.45, 2.75) is 13.3 Å². The molecule has 2 aromatic carbocycles. The van der Waals surface area contributed by atoms with Gasteiger partial charge in [0, 0.05) is 18.7 Å². The van der Waals surface area contributed by atoms with Crippen LogP contribution in [0.4, 0.5) is 0 Å². The van der Waals surface area contributed by atoms with E-state index in [4.69, 9.17) is 0 Å². The van der Waals surface area contributed by atoms with E-state index in [1.165, 1.54) is 0 Å². The Morgan fingerprint density at radius 3 is 2.21 bits per heavy atom. The maximum absolute atomic E-state index is 12.7. The lowest BCUT2D eigenvalue weighted by Gasteiger charge is -2.34. The SMILES string of the molecule is CC1CC(C(=O)O)CN(C(=O)c2ccc(-c3ccccc3)cc2)C1. The molecule has 3 rings (SSSR count). The number of likely N-dealkylation sites (tertiary alicyclic amines) is 1. The minimum absolute atomic E-state index is 0.0904. The van der Waals surface area contributed by atoms with Crippen LogP contribution < -0.4 is 0 Å². The topological polar surface area (TPSA) is 57.6 Å². The van der Waals surface area contributed by atoms with Gasteiger partial charge < -0.3 is 10.0 Å². The molecule has 1 aliphatic rings. The fourth-order valence-corrected chi connectivity index (χ4v) is 3.31. The van der Waals surface area contributed by atoms with Crippen LogP contribution in [-0.4, -0.2) is 35.0 Å². The van der Waals surface area contributed by atoms with Gasteiger partial charge in [-0.3, -0.25) is 9.59 Å². The number of carbonyl (C=O) groups is 2. The van der Waals surface area contributed by atoms with Gasteiger partial charge in [-0.05, 0) is 35.6 Å². The summed E-state index contributed by atoms with van der Waals surface area (Å²) in [5.74, 6) is -1.18. The number of hydrogen-bond acceptors (Lipinski definition) is 2. The van der Waals surface area contributed by atoms with Gasteiger partial charge in [-0.25, -0.2) is 0 Å². The van der Waals surface area contributed by atoms with Crippen LogP contribution in [0.15, 0.2) is 54.6 Å². The number of hydrogen-bond donors (Lipinski definition) is 1. The van der Waals surface area contributed by atoms with E-state index in [9.17, 15) is 14.7 Å². The molecule has 1 fully saturated rings. The zero-order valence-corrected chi connectivity index (χ0v) is 13.7. The first kappa shape index (κ1) is 16.2. The highest BCUT2D eigenvalue weighted by Gasteiger charge is 2.32. The summed E-state index contributed by atoms with van der Waals surface area (Å²) >= 11 is 0. The van der Waals surface area contributed by atoms with Crippen molar-refractivity contribution in [2.24, 2.45) is 11.8 Å². The molecule has 1 amide bonds. The second-order valence-electron chi connectivity index (χ2n) is 6.53. The molecule has 2 unspecified atom stereocenters. The van der Waals surface area contributed by atoms with Crippen molar-refractivity contribution in [1.29, 1.82) is 0 Å². The van der Waals surface area contributed by atoms with E-state index in [0.29, 0.717) is 25.1 Å². The molecular formula is C20H21NO3. The highest BCUT2D eigenvalue weighted by molar-refractivity contribution is 5.95. The quantitative estimate of drug-likeness (QED) is 0.940. The van der Waals surface area contributed by atoms with Crippen molar-refractivity contribution in [3.63, 3.8) is 0 Å². The predicted molar refractivity (Wildman–Crippen MR) is 92.7 cm³/mol. The lowest BCUT2D eigenvalue weighted by molar-refractivity contribution is -0.143. The summed E-state index contributed by atoms with van der Waals surface area (Å²) in [6.07, 6.45) is 0.631. The van der Waals surface area contributed by atoms with Crippen LogP contribution in [0.2, 0.25) is 0 Å². The van der Waals surface area contributed by atoms with Crippen LogP contribution in [0.3, 0.4) is 0 Å². The molecule has 1 aliphatic heterocycles. The fourth-order valence-electron chi connectivity index (χ4n) is 3.31. The van der Waals surface area contributed by atoms with Crippen molar-refractivity contribution in [2.75, 3.05) is 13.1 Å².